The van der Waals surface area contributed by atoms with Crippen LogP contribution in [0.15, 0.2) is 28.7 Å². The number of halogens is 2. The molecule has 0 unspecified atom stereocenters. The van der Waals surface area contributed by atoms with Gasteiger partial charge in [-0.25, -0.2) is 9.37 Å². The monoisotopic (exact) mass is 268 g/mol. The van der Waals surface area contributed by atoms with Gasteiger partial charge in [0.2, 0.25) is 0 Å². The van der Waals surface area contributed by atoms with E-state index in [0.717, 1.165) is 16.4 Å². The number of aromatic nitrogens is 1. The van der Waals surface area contributed by atoms with Crippen LogP contribution in [0.2, 0.25) is 0 Å². The van der Waals surface area contributed by atoms with Crippen LogP contribution in [0, 0.1) is 5.82 Å². The Morgan fingerprint density at radius 1 is 1.40 bits per heavy atom. The maximum absolute atomic E-state index is 13.5. The molecule has 0 bridgehead atoms. The minimum absolute atomic E-state index is 0.306. The summed E-state index contributed by atoms with van der Waals surface area (Å²) in [6.07, 6.45) is 0. The van der Waals surface area contributed by atoms with Crippen molar-refractivity contribution < 1.29 is 4.39 Å². The second kappa shape index (κ2) is 4.14. The summed E-state index contributed by atoms with van der Waals surface area (Å²) < 4.78 is 14.3. The summed E-state index contributed by atoms with van der Waals surface area (Å²) >= 11 is 3.25. The molecule has 0 aliphatic rings. The predicted octanol–water partition coefficient (Wildman–Crippen LogP) is 3.57. The van der Waals surface area contributed by atoms with Gasteiger partial charge in [-0.05, 0) is 31.2 Å². The quantitative estimate of drug-likeness (QED) is 0.901. The molecule has 2 aromatic rings. The van der Waals surface area contributed by atoms with Gasteiger partial charge in [0, 0.05) is 16.4 Å². The molecule has 1 aromatic heterocycles. The fourth-order valence-corrected chi connectivity index (χ4v) is 1.88. The van der Waals surface area contributed by atoms with E-state index < -0.39 is 0 Å². The highest BCUT2D eigenvalue weighted by molar-refractivity contribution is 9.10. The predicted molar refractivity (Wildman–Crippen MR) is 63.6 cm³/mol. The number of hydrogen-bond acceptors (Lipinski definition) is 2. The van der Waals surface area contributed by atoms with E-state index in [0.29, 0.717) is 11.3 Å². The number of nitrogens with one attached hydrogen (secondary N) is 1. The third kappa shape index (κ3) is 2.09. The summed E-state index contributed by atoms with van der Waals surface area (Å²) in [4.78, 5) is 4.20. The number of hydrogen-bond donors (Lipinski definition) is 1. The molecular weight excluding hydrogens is 259 g/mol. The molecule has 0 spiro atoms. The molecule has 2 rings (SSSR count). The molecule has 0 saturated carbocycles. The normalized spacial score (nSPS) is 10.6. The highest BCUT2D eigenvalue weighted by Gasteiger charge is 2.04. The molecular formula is C11H10BrFN2. The molecule has 0 atom stereocenters. The summed E-state index contributed by atoms with van der Waals surface area (Å²) in [7, 11) is 0. The van der Waals surface area contributed by atoms with E-state index in [-0.39, 0.29) is 5.82 Å². The van der Waals surface area contributed by atoms with Crippen LogP contribution in [0.3, 0.4) is 0 Å². The lowest BCUT2D eigenvalue weighted by atomic mass is 10.2. The first-order valence-corrected chi connectivity index (χ1v) is 5.49. The molecule has 78 valence electrons. The van der Waals surface area contributed by atoms with E-state index >= 15 is 0 Å². The number of pyridine rings is 1. The van der Waals surface area contributed by atoms with Gasteiger partial charge in [0.1, 0.15) is 11.3 Å². The van der Waals surface area contributed by atoms with Gasteiger partial charge in [-0.2, -0.15) is 0 Å². The molecule has 0 amide bonds. The van der Waals surface area contributed by atoms with E-state index in [9.17, 15) is 4.39 Å². The lowest BCUT2D eigenvalue weighted by Crippen LogP contribution is -1.99. The average molecular weight is 269 g/mol. The first-order chi connectivity index (χ1) is 7.20. The number of anilines is 1. The van der Waals surface area contributed by atoms with Crippen molar-refractivity contribution in [1.82, 2.24) is 4.98 Å². The molecule has 1 heterocycles. The molecule has 0 aliphatic heterocycles. The summed E-state index contributed by atoms with van der Waals surface area (Å²) in [6.45, 7) is 2.75. The fraction of sp³-hybridized carbons (Fsp3) is 0.182. The van der Waals surface area contributed by atoms with Gasteiger partial charge in [0.25, 0.3) is 0 Å². The largest absolute Gasteiger partial charge is 0.370 e. The lowest BCUT2D eigenvalue weighted by molar-refractivity contribution is 0.636. The van der Waals surface area contributed by atoms with Gasteiger partial charge >= 0.3 is 0 Å². The van der Waals surface area contributed by atoms with Crippen LogP contribution >= 0.6 is 15.9 Å². The van der Waals surface area contributed by atoms with Crippen molar-refractivity contribution >= 4 is 32.7 Å². The summed E-state index contributed by atoms with van der Waals surface area (Å²) in [6, 6.07) is 6.97. The Labute approximate surface area is 95.6 Å². The van der Waals surface area contributed by atoms with Crippen LogP contribution in [-0.2, 0) is 0 Å². The van der Waals surface area contributed by atoms with Crippen molar-refractivity contribution in [3.05, 3.63) is 34.6 Å². The van der Waals surface area contributed by atoms with Crippen LogP contribution in [0.5, 0.6) is 0 Å². The molecule has 0 aliphatic carbocycles. The van der Waals surface area contributed by atoms with E-state index in [1.165, 1.54) is 6.07 Å². The molecule has 1 aromatic carbocycles. The highest BCUT2D eigenvalue weighted by atomic mass is 79.9. The second-order valence-corrected chi connectivity index (χ2v) is 4.10. The van der Waals surface area contributed by atoms with E-state index in [4.69, 9.17) is 0 Å². The third-order valence-electron chi connectivity index (χ3n) is 2.07. The SMILES string of the molecule is CCNc1ccc2cc(Br)cc(F)c2n1. The second-order valence-electron chi connectivity index (χ2n) is 3.19. The van der Waals surface area contributed by atoms with Crippen molar-refractivity contribution in [2.75, 3.05) is 11.9 Å². The molecule has 1 N–H and O–H groups in total. The fourth-order valence-electron chi connectivity index (χ4n) is 1.44. The van der Waals surface area contributed by atoms with Crippen molar-refractivity contribution in [3.8, 4) is 0 Å². The van der Waals surface area contributed by atoms with Gasteiger partial charge in [0.05, 0.1) is 0 Å². The molecule has 0 radical (unpaired) electrons. The molecule has 15 heavy (non-hydrogen) atoms. The van der Waals surface area contributed by atoms with Gasteiger partial charge in [-0.3, -0.25) is 0 Å². The van der Waals surface area contributed by atoms with Crippen LogP contribution in [0.4, 0.5) is 10.2 Å². The standard InChI is InChI=1S/C11H10BrFN2/c1-2-14-10-4-3-7-5-8(12)6-9(13)11(7)15-10/h3-6H,2H2,1H3,(H,14,15). The van der Waals surface area contributed by atoms with Gasteiger partial charge in [-0.1, -0.05) is 15.9 Å². The topological polar surface area (TPSA) is 24.9 Å². The zero-order valence-electron chi connectivity index (χ0n) is 8.22. The number of rotatable bonds is 2. The summed E-state index contributed by atoms with van der Waals surface area (Å²) in [5, 5.41) is 3.85. The van der Waals surface area contributed by atoms with Crippen molar-refractivity contribution in [1.29, 1.82) is 0 Å². The number of nitrogens with zero attached hydrogens (tertiary/aromatic N) is 1. The smallest absolute Gasteiger partial charge is 0.150 e. The van der Waals surface area contributed by atoms with Crippen molar-refractivity contribution in [2.45, 2.75) is 6.92 Å². The lowest BCUT2D eigenvalue weighted by Gasteiger charge is -2.05. The van der Waals surface area contributed by atoms with Crippen LogP contribution in [-0.4, -0.2) is 11.5 Å². The van der Waals surface area contributed by atoms with Crippen LogP contribution in [0.25, 0.3) is 10.9 Å². The minimum Gasteiger partial charge on any atom is -0.370 e. The van der Waals surface area contributed by atoms with Gasteiger partial charge < -0.3 is 5.32 Å². The van der Waals surface area contributed by atoms with E-state index in [1.54, 1.807) is 0 Å². The van der Waals surface area contributed by atoms with Gasteiger partial charge in [-0.15, -0.1) is 0 Å². The first kappa shape index (κ1) is 10.4. The highest BCUT2D eigenvalue weighted by Crippen LogP contribution is 2.23. The maximum atomic E-state index is 13.5. The van der Waals surface area contributed by atoms with Gasteiger partial charge in [0.15, 0.2) is 5.82 Å². The van der Waals surface area contributed by atoms with Crippen LogP contribution < -0.4 is 5.32 Å². The van der Waals surface area contributed by atoms with E-state index in [2.05, 4.69) is 26.2 Å². The zero-order chi connectivity index (χ0) is 10.8. The Morgan fingerprint density at radius 2 is 2.20 bits per heavy atom. The Morgan fingerprint density at radius 3 is 2.93 bits per heavy atom. The average Bonchev–Trinajstić information content (AvgIpc) is 2.19. The zero-order valence-corrected chi connectivity index (χ0v) is 9.81. The Balaban J connectivity index is 2.60. The molecule has 0 fully saturated rings. The molecule has 0 saturated heterocycles. The maximum Gasteiger partial charge on any atom is 0.150 e. The summed E-state index contributed by atoms with van der Waals surface area (Å²) in [5.41, 5.74) is 0.400. The summed E-state index contributed by atoms with van der Waals surface area (Å²) in [5.74, 6) is 0.394. The Kier molecular flexibility index (Phi) is 2.86. The van der Waals surface area contributed by atoms with E-state index in [1.807, 2.05) is 25.1 Å². The van der Waals surface area contributed by atoms with Crippen LogP contribution in [0.1, 0.15) is 6.92 Å². The molecule has 2 nitrogen and oxygen atoms in total. The number of benzene rings is 1. The van der Waals surface area contributed by atoms with Crippen molar-refractivity contribution in [3.63, 3.8) is 0 Å². The minimum atomic E-state index is -0.306. The van der Waals surface area contributed by atoms with Crippen molar-refractivity contribution in [2.24, 2.45) is 0 Å². The molecule has 4 heteroatoms. The first-order valence-electron chi connectivity index (χ1n) is 4.70. The third-order valence-corrected chi connectivity index (χ3v) is 2.53. The Hall–Kier alpha value is -1.16. The number of fused-ring (bicyclic) bond motifs is 1. The Bertz CT molecular complexity index is 499.